The van der Waals surface area contributed by atoms with E-state index in [1.807, 2.05) is 44.1 Å². The first kappa shape index (κ1) is 15.1. The Kier molecular flexibility index (Phi) is 4.87. The van der Waals surface area contributed by atoms with Gasteiger partial charge in [0.05, 0.1) is 22.2 Å². The zero-order valence-corrected chi connectivity index (χ0v) is 12.6. The molecule has 0 aliphatic heterocycles. The number of benzene rings is 1. The maximum absolute atomic E-state index is 11.2. The molecule has 0 aliphatic carbocycles. The van der Waals surface area contributed by atoms with Gasteiger partial charge in [0, 0.05) is 26.4 Å². The molecule has 0 radical (unpaired) electrons. The van der Waals surface area contributed by atoms with E-state index in [2.05, 4.69) is 5.32 Å². The summed E-state index contributed by atoms with van der Waals surface area (Å²) in [7, 11) is 0.797. The van der Waals surface area contributed by atoms with Crippen molar-refractivity contribution in [3.63, 3.8) is 0 Å². The fourth-order valence-electron chi connectivity index (χ4n) is 1.85. The lowest BCUT2D eigenvalue weighted by atomic mass is 10.2. The van der Waals surface area contributed by atoms with Crippen molar-refractivity contribution in [2.45, 2.75) is 13.0 Å². The van der Waals surface area contributed by atoms with Crippen molar-refractivity contribution in [1.29, 1.82) is 0 Å². The molecule has 1 unspecified atom stereocenters. The lowest BCUT2D eigenvalue weighted by molar-refractivity contribution is 0.598. The molecule has 6 heteroatoms. The third kappa shape index (κ3) is 4.38. The van der Waals surface area contributed by atoms with E-state index < -0.39 is 9.84 Å². The molecule has 1 N–H and O–H groups in total. The van der Waals surface area contributed by atoms with Crippen LogP contribution in [0.2, 0.25) is 5.02 Å². The molecule has 0 saturated heterocycles. The van der Waals surface area contributed by atoms with Crippen LogP contribution in [-0.4, -0.2) is 40.6 Å². The molecule has 1 aromatic rings. The Labute approximate surface area is 114 Å². The quantitative estimate of drug-likeness (QED) is 0.904. The number of nitrogens with zero attached hydrogens (tertiary/aromatic N) is 1. The van der Waals surface area contributed by atoms with Crippen LogP contribution >= 0.6 is 11.6 Å². The average Bonchev–Trinajstić information content (AvgIpc) is 2.13. The normalized spacial score (nSPS) is 13.2. The van der Waals surface area contributed by atoms with Gasteiger partial charge < -0.3 is 10.2 Å². The monoisotopic (exact) mass is 290 g/mol. The third-order valence-corrected chi connectivity index (χ3v) is 3.80. The first-order valence-corrected chi connectivity index (χ1v) is 8.04. The highest BCUT2D eigenvalue weighted by Gasteiger charge is 2.14. The van der Waals surface area contributed by atoms with Crippen molar-refractivity contribution in [1.82, 2.24) is 0 Å². The highest BCUT2D eigenvalue weighted by Crippen LogP contribution is 2.32. The van der Waals surface area contributed by atoms with Gasteiger partial charge in [-0.05, 0) is 19.1 Å². The lowest BCUT2D eigenvalue weighted by Crippen LogP contribution is -2.26. The van der Waals surface area contributed by atoms with Crippen molar-refractivity contribution in [2.24, 2.45) is 0 Å². The van der Waals surface area contributed by atoms with Gasteiger partial charge in [0.1, 0.15) is 9.84 Å². The number of hydrogen-bond acceptors (Lipinski definition) is 4. The number of anilines is 2. The van der Waals surface area contributed by atoms with E-state index in [0.29, 0.717) is 5.02 Å². The second kappa shape index (κ2) is 5.80. The van der Waals surface area contributed by atoms with Gasteiger partial charge in [0.15, 0.2) is 0 Å². The lowest BCUT2D eigenvalue weighted by Gasteiger charge is -2.22. The standard InChI is InChI=1S/C12H19ClN2O2S/c1-9(8-18(4,16)17)14-11-7-5-6-10(13)12(11)15(2)3/h5-7,9,14H,8H2,1-4H3. The van der Waals surface area contributed by atoms with Crippen LogP contribution in [0, 0.1) is 0 Å². The summed E-state index contributed by atoms with van der Waals surface area (Å²) in [6.45, 7) is 1.83. The third-order valence-electron chi connectivity index (χ3n) is 2.39. The van der Waals surface area contributed by atoms with E-state index in [1.165, 1.54) is 6.26 Å². The molecule has 18 heavy (non-hydrogen) atoms. The summed E-state index contributed by atoms with van der Waals surface area (Å²) in [5.41, 5.74) is 1.70. The summed E-state index contributed by atoms with van der Waals surface area (Å²) in [5, 5.41) is 3.82. The summed E-state index contributed by atoms with van der Waals surface area (Å²) in [5.74, 6) is 0.0897. The van der Waals surface area contributed by atoms with Crippen LogP contribution < -0.4 is 10.2 Å². The number of rotatable bonds is 5. The summed E-state index contributed by atoms with van der Waals surface area (Å²) < 4.78 is 22.5. The molecule has 102 valence electrons. The van der Waals surface area contributed by atoms with Gasteiger partial charge in [-0.1, -0.05) is 17.7 Å². The first-order valence-electron chi connectivity index (χ1n) is 5.61. The van der Waals surface area contributed by atoms with Crippen LogP contribution in [0.3, 0.4) is 0 Å². The Balaban J connectivity index is 2.94. The predicted molar refractivity (Wildman–Crippen MR) is 78.6 cm³/mol. The summed E-state index contributed by atoms with van der Waals surface area (Å²) in [6, 6.07) is 5.37. The minimum Gasteiger partial charge on any atom is -0.380 e. The van der Waals surface area contributed by atoms with Crippen LogP contribution in [0.4, 0.5) is 11.4 Å². The number of para-hydroxylation sites is 1. The molecule has 0 amide bonds. The van der Waals surface area contributed by atoms with Crippen molar-refractivity contribution in [3.05, 3.63) is 23.2 Å². The number of halogens is 1. The Morgan fingerprint density at radius 1 is 1.39 bits per heavy atom. The molecule has 4 nitrogen and oxygen atoms in total. The van der Waals surface area contributed by atoms with E-state index in [1.54, 1.807) is 0 Å². The Morgan fingerprint density at radius 3 is 2.50 bits per heavy atom. The number of nitrogens with one attached hydrogen (secondary N) is 1. The van der Waals surface area contributed by atoms with Crippen LogP contribution in [0.15, 0.2) is 18.2 Å². The number of hydrogen-bond donors (Lipinski definition) is 1. The van der Waals surface area contributed by atoms with Crippen molar-refractivity contribution >= 4 is 32.8 Å². The van der Waals surface area contributed by atoms with Gasteiger partial charge in [-0.15, -0.1) is 0 Å². The summed E-state index contributed by atoms with van der Waals surface area (Å²) in [6.07, 6.45) is 1.23. The van der Waals surface area contributed by atoms with Crippen molar-refractivity contribution in [3.8, 4) is 0 Å². The molecule has 0 aliphatic rings. The van der Waals surface area contributed by atoms with Crippen LogP contribution in [0.1, 0.15) is 6.92 Å². The maximum Gasteiger partial charge on any atom is 0.149 e. The molecule has 1 aromatic carbocycles. The van der Waals surface area contributed by atoms with Gasteiger partial charge in [0.25, 0.3) is 0 Å². The fourth-order valence-corrected chi connectivity index (χ4v) is 3.18. The van der Waals surface area contributed by atoms with Gasteiger partial charge in [-0.2, -0.15) is 0 Å². The van der Waals surface area contributed by atoms with E-state index in [9.17, 15) is 8.42 Å². The SMILES string of the molecule is CC(CS(C)(=O)=O)Nc1cccc(Cl)c1N(C)C. The second-order valence-corrected chi connectivity index (χ2v) is 7.26. The highest BCUT2D eigenvalue weighted by molar-refractivity contribution is 7.90. The molecule has 0 saturated carbocycles. The Hall–Kier alpha value is -0.940. The zero-order valence-electron chi connectivity index (χ0n) is 11.1. The topological polar surface area (TPSA) is 49.4 Å². The van der Waals surface area contributed by atoms with E-state index in [4.69, 9.17) is 11.6 Å². The summed E-state index contributed by atoms with van der Waals surface area (Å²) >= 11 is 6.14. The van der Waals surface area contributed by atoms with E-state index >= 15 is 0 Å². The fraction of sp³-hybridized carbons (Fsp3) is 0.500. The van der Waals surface area contributed by atoms with Gasteiger partial charge in [0.2, 0.25) is 0 Å². The van der Waals surface area contributed by atoms with Crippen LogP contribution in [0.5, 0.6) is 0 Å². The highest BCUT2D eigenvalue weighted by atomic mass is 35.5. The Bertz CT molecular complexity index is 515. The predicted octanol–water partition coefficient (Wildman–Crippen LogP) is 2.25. The molecular formula is C12H19ClN2O2S. The molecule has 1 rings (SSSR count). The smallest absolute Gasteiger partial charge is 0.149 e. The summed E-state index contributed by atoms with van der Waals surface area (Å²) in [4.78, 5) is 1.90. The van der Waals surface area contributed by atoms with Gasteiger partial charge >= 0.3 is 0 Å². The zero-order chi connectivity index (χ0) is 13.9. The average molecular weight is 291 g/mol. The minimum atomic E-state index is -3.00. The maximum atomic E-state index is 11.2. The van der Waals surface area contributed by atoms with Gasteiger partial charge in [-0.3, -0.25) is 0 Å². The molecule has 0 bridgehead atoms. The Morgan fingerprint density at radius 2 is 2.00 bits per heavy atom. The van der Waals surface area contributed by atoms with E-state index in [0.717, 1.165) is 11.4 Å². The molecule has 0 fully saturated rings. The van der Waals surface area contributed by atoms with E-state index in [-0.39, 0.29) is 11.8 Å². The largest absolute Gasteiger partial charge is 0.380 e. The van der Waals surface area contributed by atoms with Crippen molar-refractivity contribution < 1.29 is 8.42 Å². The first-order chi connectivity index (χ1) is 8.20. The number of sulfone groups is 1. The van der Waals surface area contributed by atoms with Crippen molar-refractivity contribution in [2.75, 3.05) is 36.3 Å². The molecule has 0 aromatic heterocycles. The molecular weight excluding hydrogens is 272 g/mol. The molecule has 0 heterocycles. The second-order valence-electron chi connectivity index (χ2n) is 4.67. The minimum absolute atomic E-state index is 0.0897. The molecule has 1 atom stereocenters. The van der Waals surface area contributed by atoms with Crippen LogP contribution in [-0.2, 0) is 9.84 Å². The van der Waals surface area contributed by atoms with Gasteiger partial charge in [-0.25, -0.2) is 8.42 Å². The molecule has 0 spiro atoms. The van der Waals surface area contributed by atoms with Crippen LogP contribution in [0.25, 0.3) is 0 Å².